The standard InChI is InChI=1S/C25H19ClO4/c1-15-7-9-16(10-8-15)14-30-25-21(26)12-17(13-22(25)29-2)11-20-23(27)18-5-3-4-6-19(18)24(20)28/h3-13H,14H2,1-2H3. The lowest BCUT2D eigenvalue weighted by atomic mass is 10.1. The van der Waals surface area contributed by atoms with E-state index in [1.54, 1.807) is 42.5 Å². The molecule has 1 aliphatic rings. The van der Waals surface area contributed by atoms with Gasteiger partial charge in [-0.05, 0) is 36.3 Å². The minimum atomic E-state index is -0.287. The molecular weight excluding hydrogens is 400 g/mol. The van der Waals surface area contributed by atoms with Gasteiger partial charge in [0.1, 0.15) is 6.61 Å². The fourth-order valence-electron chi connectivity index (χ4n) is 3.37. The fraction of sp³-hybridized carbons (Fsp3) is 0.120. The maximum Gasteiger partial charge on any atom is 0.197 e. The van der Waals surface area contributed by atoms with Crippen LogP contribution in [0.1, 0.15) is 37.4 Å². The molecule has 30 heavy (non-hydrogen) atoms. The molecule has 0 radical (unpaired) electrons. The molecule has 0 saturated heterocycles. The Morgan fingerprint density at radius 1 is 0.933 bits per heavy atom. The molecule has 0 bridgehead atoms. The Bertz CT molecular complexity index is 1140. The predicted molar refractivity (Wildman–Crippen MR) is 117 cm³/mol. The van der Waals surface area contributed by atoms with Crippen molar-refractivity contribution < 1.29 is 19.1 Å². The van der Waals surface area contributed by atoms with Crippen molar-refractivity contribution in [3.8, 4) is 11.5 Å². The number of rotatable bonds is 5. The minimum absolute atomic E-state index is 0.114. The molecule has 0 amide bonds. The molecule has 3 aromatic carbocycles. The number of ketones is 2. The van der Waals surface area contributed by atoms with Crippen molar-refractivity contribution in [3.63, 3.8) is 0 Å². The SMILES string of the molecule is COc1cc(C=C2C(=O)c3ccccc3C2=O)cc(Cl)c1OCc1ccc(C)cc1. The molecule has 0 saturated carbocycles. The van der Waals surface area contributed by atoms with Gasteiger partial charge < -0.3 is 9.47 Å². The Morgan fingerprint density at radius 2 is 1.57 bits per heavy atom. The molecular formula is C25H19ClO4. The molecule has 0 fully saturated rings. The number of benzene rings is 3. The highest BCUT2D eigenvalue weighted by Crippen LogP contribution is 2.38. The number of Topliss-reactive ketones (excluding diaryl/α,β-unsaturated/α-hetero) is 2. The van der Waals surface area contributed by atoms with Gasteiger partial charge in [-0.15, -0.1) is 0 Å². The zero-order valence-electron chi connectivity index (χ0n) is 16.6. The van der Waals surface area contributed by atoms with Crippen molar-refractivity contribution in [2.75, 3.05) is 7.11 Å². The third-order valence-corrected chi connectivity index (χ3v) is 5.25. The molecule has 4 rings (SSSR count). The molecule has 0 spiro atoms. The first-order chi connectivity index (χ1) is 14.5. The largest absolute Gasteiger partial charge is 0.493 e. The third-order valence-electron chi connectivity index (χ3n) is 4.97. The number of carbonyl (C=O) groups is 2. The van der Waals surface area contributed by atoms with Crippen LogP contribution >= 0.6 is 11.6 Å². The zero-order chi connectivity index (χ0) is 21.3. The van der Waals surface area contributed by atoms with Crippen molar-refractivity contribution in [3.05, 3.63) is 99.1 Å². The monoisotopic (exact) mass is 418 g/mol. The number of ether oxygens (including phenoxy) is 2. The highest BCUT2D eigenvalue weighted by molar-refractivity contribution is 6.41. The van der Waals surface area contributed by atoms with Crippen molar-refractivity contribution in [1.29, 1.82) is 0 Å². The van der Waals surface area contributed by atoms with Crippen LogP contribution in [-0.2, 0) is 6.61 Å². The van der Waals surface area contributed by atoms with Crippen LogP contribution in [0.5, 0.6) is 11.5 Å². The van der Waals surface area contributed by atoms with E-state index in [9.17, 15) is 9.59 Å². The Balaban J connectivity index is 1.63. The molecule has 0 aliphatic heterocycles. The van der Waals surface area contributed by atoms with Gasteiger partial charge in [-0.1, -0.05) is 65.7 Å². The maximum absolute atomic E-state index is 12.6. The maximum atomic E-state index is 12.6. The highest BCUT2D eigenvalue weighted by atomic mass is 35.5. The predicted octanol–water partition coefficient (Wildman–Crippen LogP) is 5.70. The molecule has 3 aromatic rings. The van der Waals surface area contributed by atoms with Crippen LogP contribution in [0.3, 0.4) is 0 Å². The molecule has 1 aliphatic carbocycles. The number of allylic oxidation sites excluding steroid dienone is 1. The van der Waals surface area contributed by atoms with Crippen molar-refractivity contribution in [2.45, 2.75) is 13.5 Å². The smallest absolute Gasteiger partial charge is 0.197 e. The van der Waals surface area contributed by atoms with Gasteiger partial charge >= 0.3 is 0 Å². The molecule has 150 valence electrons. The summed E-state index contributed by atoms with van der Waals surface area (Å²) in [6.07, 6.45) is 1.54. The summed E-state index contributed by atoms with van der Waals surface area (Å²) in [6.45, 7) is 2.36. The summed E-state index contributed by atoms with van der Waals surface area (Å²) in [7, 11) is 1.52. The first-order valence-electron chi connectivity index (χ1n) is 9.44. The second kappa shape index (κ2) is 8.17. The number of carbonyl (C=O) groups excluding carboxylic acids is 2. The fourth-order valence-corrected chi connectivity index (χ4v) is 3.65. The van der Waals surface area contributed by atoms with Crippen LogP contribution in [0.4, 0.5) is 0 Å². The van der Waals surface area contributed by atoms with Crippen LogP contribution < -0.4 is 9.47 Å². The van der Waals surface area contributed by atoms with Gasteiger partial charge in [0.2, 0.25) is 0 Å². The second-order valence-corrected chi connectivity index (χ2v) is 7.48. The van der Waals surface area contributed by atoms with Gasteiger partial charge in [0.05, 0.1) is 17.7 Å². The molecule has 0 heterocycles. The van der Waals surface area contributed by atoms with Crippen LogP contribution in [0.25, 0.3) is 6.08 Å². The van der Waals surface area contributed by atoms with Gasteiger partial charge in [-0.25, -0.2) is 0 Å². The van der Waals surface area contributed by atoms with E-state index in [2.05, 4.69) is 0 Å². The average molecular weight is 419 g/mol. The Morgan fingerprint density at radius 3 is 2.17 bits per heavy atom. The van der Waals surface area contributed by atoms with Gasteiger partial charge in [0.15, 0.2) is 23.1 Å². The summed E-state index contributed by atoms with van der Waals surface area (Å²) in [5.41, 5.74) is 3.72. The first kappa shape index (κ1) is 19.9. The third kappa shape index (κ3) is 3.74. The molecule has 0 unspecified atom stereocenters. The Kier molecular flexibility index (Phi) is 5.42. The number of hydrogen-bond acceptors (Lipinski definition) is 4. The summed E-state index contributed by atoms with van der Waals surface area (Å²) in [5.74, 6) is 0.266. The van der Waals surface area contributed by atoms with E-state index in [0.717, 1.165) is 5.56 Å². The van der Waals surface area contributed by atoms with E-state index < -0.39 is 0 Å². The molecule has 0 aromatic heterocycles. The van der Waals surface area contributed by atoms with Crippen LogP contribution in [-0.4, -0.2) is 18.7 Å². The van der Waals surface area contributed by atoms with E-state index in [1.165, 1.54) is 12.7 Å². The molecule has 0 N–H and O–H groups in total. The number of halogens is 1. The molecule has 0 atom stereocenters. The first-order valence-corrected chi connectivity index (χ1v) is 9.81. The van der Waals surface area contributed by atoms with E-state index in [1.807, 2.05) is 31.2 Å². The second-order valence-electron chi connectivity index (χ2n) is 7.07. The topological polar surface area (TPSA) is 52.6 Å². The normalized spacial score (nSPS) is 12.7. The minimum Gasteiger partial charge on any atom is -0.493 e. The Hall–Kier alpha value is -3.37. The lowest BCUT2D eigenvalue weighted by molar-refractivity contribution is 0.0990. The van der Waals surface area contributed by atoms with Crippen LogP contribution in [0, 0.1) is 6.92 Å². The van der Waals surface area contributed by atoms with Gasteiger partial charge in [-0.3, -0.25) is 9.59 Å². The van der Waals surface area contributed by atoms with Gasteiger partial charge in [-0.2, -0.15) is 0 Å². The molecule has 4 nitrogen and oxygen atoms in total. The number of aryl methyl sites for hydroxylation is 1. The van der Waals surface area contributed by atoms with Crippen molar-refractivity contribution >= 4 is 29.2 Å². The van der Waals surface area contributed by atoms with E-state index in [4.69, 9.17) is 21.1 Å². The Labute approximate surface area is 179 Å². The molecule has 5 heteroatoms. The quantitative estimate of drug-likeness (QED) is 0.394. The lowest BCUT2D eigenvalue weighted by Gasteiger charge is -2.14. The van der Waals surface area contributed by atoms with Crippen LogP contribution in [0.2, 0.25) is 5.02 Å². The average Bonchev–Trinajstić information content (AvgIpc) is 2.99. The van der Waals surface area contributed by atoms with Gasteiger partial charge in [0, 0.05) is 11.1 Å². The van der Waals surface area contributed by atoms with E-state index >= 15 is 0 Å². The number of methoxy groups -OCH3 is 1. The van der Waals surface area contributed by atoms with E-state index in [0.29, 0.717) is 39.8 Å². The van der Waals surface area contributed by atoms with E-state index in [-0.39, 0.29) is 17.1 Å². The summed E-state index contributed by atoms with van der Waals surface area (Å²) >= 11 is 6.45. The van der Waals surface area contributed by atoms with Crippen molar-refractivity contribution in [1.82, 2.24) is 0 Å². The van der Waals surface area contributed by atoms with Gasteiger partial charge in [0.25, 0.3) is 0 Å². The number of hydrogen-bond donors (Lipinski definition) is 0. The lowest BCUT2D eigenvalue weighted by Crippen LogP contribution is -2.01. The zero-order valence-corrected chi connectivity index (χ0v) is 17.3. The summed E-state index contributed by atoms with van der Waals surface area (Å²) in [6, 6.07) is 18.2. The summed E-state index contributed by atoms with van der Waals surface area (Å²) in [5, 5.41) is 0.337. The summed E-state index contributed by atoms with van der Waals surface area (Å²) in [4.78, 5) is 25.2. The highest BCUT2D eigenvalue weighted by Gasteiger charge is 2.32. The van der Waals surface area contributed by atoms with Crippen LogP contribution in [0.15, 0.2) is 66.2 Å². The summed E-state index contributed by atoms with van der Waals surface area (Å²) < 4.78 is 11.3. The number of fused-ring (bicyclic) bond motifs is 1. The van der Waals surface area contributed by atoms with Crippen molar-refractivity contribution in [2.24, 2.45) is 0 Å².